The van der Waals surface area contributed by atoms with Crippen molar-refractivity contribution in [3.63, 3.8) is 0 Å². The molecule has 0 saturated carbocycles. The summed E-state index contributed by atoms with van der Waals surface area (Å²) in [6, 6.07) is 4.88. The van der Waals surface area contributed by atoms with Crippen molar-refractivity contribution in [1.29, 1.82) is 0 Å². The van der Waals surface area contributed by atoms with E-state index < -0.39 is 4.92 Å². The van der Waals surface area contributed by atoms with E-state index in [0.717, 1.165) is 12.4 Å². The highest BCUT2D eigenvalue weighted by molar-refractivity contribution is 9.10. The van der Waals surface area contributed by atoms with Gasteiger partial charge in [-0.2, -0.15) is 0 Å². The van der Waals surface area contributed by atoms with Gasteiger partial charge in [0.15, 0.2) is 5.82 Å². The summed E-state index contributed by atoms with van der Waals surface area (Å²) in [5.41, 5.74) is 0.482. The molecule has 19 heavy (non-hydrogen) atoms. The molecular formula is C11H12BrN5O2. The first-order chi connectivity index (χ1) is 9.11. The number of anilines is 1. The van der Waals surface area contributed by atoms with Gasteiger partial charge in [-0.1, -0.05) is 15.9 Å². The molecule has 0 saturated heterocycles. The molecule has 2 aromatic rings. The SMILES string of the molecule is CCn1cnnc1CNc1ccc(Br)cc1[N+](=O)[O-]. The second-order valence-electron chi connectivity index (χ2n) is 3.81. The van der Waals surface area contributed by atoms with Crippen LogP contribution in [0.5, 0.6) is 0 Å². The van der Waals surface area contributed by atoms with Crippen LogP contribution in [-0.4, -0.2) is 19.7 Å². The zero-order valence-electron chi connectivity index (χ0n) is 10.2. The van der Waals surface area contributed by atoms with Crippen LogP contribution >= 0.6 is 15.9 Å². The Bertz CT molecular complexity index is 599. The van der Waals surface area contributed by atoms with Crippen molar-refractivity contribution in [3.05, 3.63) is 44.9 Å². The number of aromatic nitrogens is 3. The lowest BCUT2D eigenvalue weighted by Crippen LogP contribution is -2.08. The molecule has 0 radical (unpaired) electrons. The molecule has 0 bridgehead atoms. The second kappa shape index (κ2) is 5.79. The summed E-state index contributed by atoms with van der Waals surface area (Å²) in [4.78, 5) is 10.6. The summed E-state index contributed by atoms with van der Waals surface area (Å²) in [5.74, 6) is 0.736. The van der Waals surface area contributed by atoms with Crippen LogP contribution < -0.4 is 5.32 Å². The molecule has 0 aliphatic rings. The molecule has 2 rings (SSSR count). The first-order valence-electron chi connectivity index (χ1n) is 5.66. The Morgan fingerprint density at radius 3 is 3.00 bits per heavy atom. The van der Waals surface area contributed by atoms with E-state index in [4.69, 9.17) is 0 Å². The monoisotopic (exact) mass is 325 g/mol. The zero-order chi connectivity index (χ0) is 13.8. The Kier molecular flexibility index (Phi) is 4.10. The molecule has 0 aliphatic heterocycles. The molecule has 0 aliphatic carbocycles. The highest BCUT2D eigenvalue weighted by Crippen LogP contribution is 2.28. The van der Waals surface area contributed by atoms with Crippen molar-refractivity contribution in [1.82, 2.24) is 14.8 Å². The third-order valence-electron chi connectivity index (χ3n) is 2.63. The minimum atomic E-state index is -0.419. The fourth-order valence-corrected chi connectivity index (χ4v) is 2.01. The van der Waals surface area contributed by atoms with Crippen molar-refractivity contribution in [2.45, 2.75) is 20.0 Å². The Morgan fingerprint density at radius 1 is 1.53 bits per heavy atom. The first-order valence-corrected chi connectivity index (χ1v) is 6.45. The van der Waals surface area contributed by atoms with Gasteiger partial charge in [-0.25, -0.2) is 0 Å². The summed E-state index contributed by atoms with van der Waals surface area (Å²) in [6.07, 6.45) is 1.63. The minimum absolute atomic E-state index is 0.0249. The quantitative estimate of drug-likeness (QED) is 0.674. The van der Waals surface area contributed by atoms with Gasteiger partial charge in [0, 0.05) is 17.1 Å². The maximum Gasteiger partial charge on any atom is 0.293 e. The number of hydrogen-bond acceptors (Lipinski definition) is 5. The molecule has 0 unspecified atom stereocenters. The van der Waals surface area contributed by atoms with Gasteiger partial charge in [-0.15, -0.1) is 10.2 Å². The number of halogens is 1. The number of rotatable bonds is 5. The van der Waals surface area contributed by atoms with E-state index in [2.05, 4.69) is 31.4 Å². The summed E-state index contributed by atoms with van der Waals surface area (Å²) < 4.78 is 2.54. The summed E-state index contributed by atoms with van der Waals surface area (Å²) >= 11 is 3.22. The molecule has 0 fully saturated rings. The van der Waals surface area contributed by atoms with Gasteiger partial charge in [0.2, 0.25) is 0 Å². The molecule has 1 aromatic carbocycles. The van der Waals surface area contributed by atoms with Crippen LogP contribution in [0.4, 0.5) is 11.4 Å². The minimum Gasteiger partial charge on any atom is -0.372 e. The molecule has 8 heteroatoms. The summed E-state index contributed by atoms with van der Waals surface area (Å²) in [6.45, 7) is 3.12. The zero-order valence-corrected chi connectivity index (χ0v) is 11.8. The van der Waals surface area contributed by atoms with Crippen molar-refractivity contribution in [2.75, 3.05) is 5.32 Å². The lowest BCUT2D eigenvalue weighted by atomic mass is 10.2. The Balaban J connectivity index is 2.18. The smallest absolute Gasteiger partial charge is 0.293 e. The number of nitrogens with one attached hydrogen (secondary N) is 1. The van der Waals surface area contributed by atoms with Gasteiger partial charge in [0.1, 0.15) is 12.0 Å². The normalized spacial score (nSPS) is 10.4. The summed E-state index contributed by atoms with van der Waals surface area (Å²) in [7, 11) is 0. The molecule has 1 N–H and O–H groups in total. The number of nitro groups is 1. The van der Waals surface area contributed by atoms with E-state index in [1.54, 1.807) is 18.5 Å². The van der Waals surface area contributed by atoms with Crippen LogP contribution in [0, 0.1) is 10.1 Å². The van der Waals surface area contributed by atoms with Gasteiger partial charge in [0.25, 0.3) is 5.69 Å². The third-order valence-corrected chi connectivity index (χ3v) is 3.12. The average Bonchev–Trinajstić information content (AvgIpc) is 2.84. The van der Waals surface area contributed by atoms with Gasteiger partial charge >= 0.3 is 0 Å². The maximum atomic E-state index is 11.0. The first kappa shape index (κ1) is 13.5. The van der Waals surface area contributed by atoms with Crippen molar-refractivity contribution >= 4 is 27.3 Å². The second-order valence-corrected chi connectivity index (χ2v) is 4.72. The highest BCUT2D eigenvalue weighted by Gasteiger charge is 2.14. The highest BCUT2D eigenvalue weighted by atomic mass is 79.9. The predicted octanol–water partition coefficient (Wildman–Crippen LogP) is 2.58. The summed E-state index contributed by atoms with van der Waals surface area (Å²) in [5, 5.41) is 21.8. The van der Waals surface area contributed by atoms with E-state index in [0.29, 0.717) is 16.7 Å². The van der Waals surface area contributed by atoms with Gasteiger partial charge in [-0.05, 0) is 19.1 Å². The topological polar surface area (TPSA) is 85.9 Å². The average molecular weight is 326 g/mol. The van der Waals surface area contributed by atoms with Gasteiger partial charge in [0.05, 0.1) is 11.5 Å². The lowest BCUT2D eigenvalue weighted by molar-refractivity contribution is -0.384. The van der Waals surface area contributed by atoms with E-state index >= 15 is 0 Å². The fraction of sp³-hybridized carbons (Fsp3) is 0.273. The fourth-order valence-electron chi connectivity index (χ4n) is 1.66. The molecule has 1 aromatic heterocycles. The van der Waals surface area contributed by atoms with Crippen molar-refractivity contribution in [2.24, 2.45) is 0 Å². The third kappa shape index (κ3) is 3.08. The molecule has 1 heterocycles. The van der Waals surface area contributed by atoms with Crippen LogP contribution in [-0.2, 0) is 13.1 Å². The molecule has 100 valence electrons. The number of hydrogen-bond donors (Lipinski definition) is 1. The largest absolute Gasteiger partial charge is 0.372 e. The molecule has 0 spiro atoms. The van der Waals surface area contributed by atoms with Crippen molar-refractivity contribution < 1.29 is 4.92 Å². The van der Waals surface area contributed by atoms with Crippen LogP contribution in [0.15, 0.2) is 29.0 Å². The van der Waals surface area contributed by atoms with E-state index in [9.17, 15) is 10.1 Å². The van der Waals surface area contributed by atoms with E-state index in [-0.39, 0.29) is 5.69 Å². The van der Waals surface area contributed by atoms with Crippen LogP contribution in [0.3, 0.4) is 0 Å². The maximum absolute atomic E-state index is 11.0. The van der Waals surface area contributed by atoms with Crippen LogP contribution in [0.1, 0.15) is 12.7 Å². The Labute approximate surface area is 117 Å². The molecule has 0 amide bonds. The van der Waals surface area contributed by atoms with E-state index in [1.807, 2.05) is 11.5 Å². The Hall–Kier alpha value is -1.96. The molecular weight excluding hydrogens is 314 g/mol. The van der Waals surface area contributed by atoms with E-state index in [1.165, 1.54) is 6.07 Å². The number of benzene rings is 1. The van der Waals surface area contributed by atoms with Gasteiger partial charge < -0.3 is 9.88 Å². The number of nitrogens with zero attached hydrogens (tertiary/aromatic N) is 4. The van der Waals surface area contributed by atoms with Crippen molar-refractivity contribution in [3.8, 4) is 0 Å². The number of aryl methyl sites for hydroxylation is 1. The molecule has 0 atom stereocenters. The molecule has 7 nitrogen and oxygen atoms in total. The van der Waals surface area contributed by atoms with Crippen LogP contribution in [0.2, 0.25) is 0 Å². The number of nitro benzene ring substituents is 1. The van der Waals surface area contributed by atoms with Gasteiger partial charge in [-0.3, -0.25) is 10.1 Å². The van der Waals surface area contributed by atoms with Crippen LogP contribution in [0.25, 0.3) is 0 Å². The Morgan fingerprint density at radius 2 is 2.32 bits per heavy atom. The standard InChI is InChI=1S/C11H12BrN5O2/c1-2-16-7-14-15-11(16)6-13-9-4-3-8(12)5-10(9)17(18)19/h3-5,7,13H,2,6H2,1H3. The predicted molar refractivity (Wildman–Crippen MR) is 73.8 cm³/mol. The lowest BCUT2D eigenvalue weighted by Gasteiger charge is -2.07.